The number of thioether (sulfide) groups is 1. The van der Waals surface area contributed by atoms with Gasteiger partial charge in [0.05, 0.1) is 19.5 Å². The molecule has 0 aliphatic heterocycles. The Balaban J connectivity index is 1.63. The minimum atomic E-state index is -0.748. The number of benzene rings is 2. The van der Waals surface area contributed by atoms with Crippen molar-refractivity contribution in [2.24, 2.45) is 0 Å². The lowest BCUT2D eigenvalue weighted by molar-refractivity contribution is -0.113. The average Bonchev–Trinajstić information content (AvgIpc) is 3.29. The van der Waals surface area contributed by atoms with Crippen LogP contribution in [0.4, 0.5) is 5.69 Å². The second kappa shape index (κ2) is 12.2. The van der Waals surface area contributed by atoms with E-state index >= 15 is 0 Å². The maximum Gasteiger partial charge on any atom is 0.251 e. The summed E-state index contributed by atoms with van der Waals surface area (Å²) in [7, 11) is 1.55. The van der Waals surface area contributed by atoms with Gasteiger partial charge >= 0.3 is 0 Å². The van der Waals surface area contributed by atoms with Gasteiger partial charge in [0, 0.05) is 17.8 Å². The lowest BCUT2D eigenvalue weighted by atomic mass is 10.1. The van der Waals surface area contributed by atoms with Crippen LogP contribution in [-0.4, -0.2) is 51.2 Å². The van der Waals surface area contributed by atoms with Gasteiger partial charge in [-0.05, 0) is 55.3 Å². The number of methoxy groups -OCH3 is 1. The molecule has 1 unspecified atom stereocenters. The van der Waals surface area contributed by atoms with Crippen LogP contribution < -0.4 is 15.4 Å². The zero-order valence-corrected chi connectivity index (χ0v) is 20.3. The first-order valence-electron chi connectivity index (χ1n) is 11.0. The second-order valence-corrected chi connectivity index (χ2v) is 8.35. The van der Waals surface area contributed by atoms with E-state index in [1.807, 2.05) is 31.2 Å². The SMILES string of the molecule is CCc1ccc(NC(=O)CSc2nnc(C(CO)NC(=O)c3ccc(OC)cc3)n2CC)cc1. The number of ether oxygens (including phenoxy) is 1. The fourth-order valence-corrected chi connectivity index (χ4v) is 4.10. The molecule has 180 valence electrons. The molecule has 0 saturated carbocycles. The fourth-order valence-electron chi connectivity index (χ4n) is 3.29. The summed E-state index contributed by atoms with van der Waals surface area (Å²) in [6.07, 6.45) is 0.939. The Bertz CT molecular complexity index is 1100. The van der Waals surface area contributed by atoms with Crippen molar-refractivity contribution in [3.63, 3.8) is 0 Å². The molecule has 1 aromatic heterocycles. The van der Waals surface area contributed by atoms with Gasteiger partial charge in [-0.25, -0.2) is 0 Å². The summed E-state index contributed by atoms with van der Waals surface area (Å²) >= 11 is 1.24. The summed E-state index contributed by atoms with van der Waals surface area (Å²) in [6.45, 7) is 4.15. The number of aliphatic hydroxyl groups excluding tert-OH is 1. The van der Waals surface area contributed by atoms with Crippen molar-refractivity contribution in [2.45, 2.75) is 38.0 Å². The fraction of sp³-hybridized carbons (Fsp3) is 0.333. The van der Waals surface area contributed by atoms with Crippen molar-refractivity contribution in [1.29, 1.82) is 0 Å². The summed E-state index contributed by atoms with van der Waals surface area (Å²) < 4.78 is 6.89. The number of hydrogen-bond donors (Lipinski definition) is 3. The highest BCUT2D eigenvalue weighted by molar-refractivity contribution is 7.99. The van der Waals surface area contributed by atoms with E-state index in [4.69, 9.17) is 4.74 Å². The number of nitrogens with one attached hydrogen (secondary N) is 2. The Morgan fingerprint density at radius 2 is 1.79 bits per heavy atom. The number of carbonyl (C=O) groups excluding carboxylic acids is 2. The number of anilines is 1. The topological polar surface area (TPSA) is 118 Å². The van der Waals surface area contributed by atoms with Crippen molar-refractivity contribution in [3.05, 3.63) is 65.5 Å². The standard InChI is InChI=1S/C24H29N5O4S/c1-4-16-6-10-18(11-7-16)25-21(31)15-34-24-28-27-22(29(24)5-2)20(14-30)26-23(32)17-8-12-19(33-3)13-9-17/h6-13,20,30H,4-5,14-15H2,1-3H3,(H,25,31)(H,26,32). The molecule has 0 saturated heterocycles. The molecule has 0 radical (unpaired) electrons. The van der Waals surface area contributed by atoms with Crippen LogP contribution in [0.15, 0.2) is 53.7 Å². The molecule has 3 rings (SSSR count). The first-order chi connectivity index (χ1) is 16.5. The number of carbonyl (C=O) groups is 2. The predicted octanol–water partition coefficient (Wildman–Crippen LogP) is 3.06. The molecule has 0 aliphatic carbocycles. The van der Waals surface area contributed by atoms with Gasteiger partial charge in [0.25, 0.3) is 5.91 Å². The summed E-state index contributed by atoms with van der Waals surface area (Å²) in [4.78, 5) is 25.0. The molecule has 3 N–H and O–H groups in total. The number of hydrogen-bond acceptors (Lipinski definition) is 7. The van der Waals surface area contributed by atoms with E-state index in [9.17, 15) is 14.7 Å². The van der Waals surface area contributed by atoms with Gasteiger partial charge in [0.15, 0.2) is 11.0 Å². The molecule has 2 amide bonds. The largest absolute Gasteiger partial charge is 0.497 e. The molecule has 0 bridgehead atoms. The monoisotopic (exact) mass is 483 g/mol. The summed E-state index contributed by atoms with van der Waals surface area (Å²) in [5.74, 6) is 0.702. The number of aryl methyl sites for hydroxylation is 1. The highest BCUT2D eigenvalue weighted by Gasteiger charge is 2.23. The Morgan fingerprint density at radius 3 is 2.38 bits per heavy atom. The summed E-state index contributed by atoms with van der Waals surface area (Å²) in [6, 6.07) is 13.6. The molecule has 0 aliphatic rings. The Kier molecular flexibility index (Phi) is 9.06. The van der Waals surface area contributed by atoms with Gasteiger partial charge in [-0.15, -0.1) is 10.2 Å². The Labute approximate surface area is 202 Å². The molecule has 10 heteroatoms. The van der Waals surface area contributed by atoms with Crippen LogP contribution in [0.5, 0.6) is 5.75 Å². The normalized spacial score (nSPS) is 11.6. The molecule has 0 spiro atoms. The molecule has 1 heterocycles. The number of amides is 2. The number of aromatic nitrogens is 3. The first kappa shape index (κ1) is 25.3. The van der Waals surface area contributed by atoms with Crippen molar-refractivity contribution >= 4 is 29.3 Å². The van der Waals surface area contributed by atoms with E-state index in [1.165, 1.54) is 17.3 Å². The van der Waals surface area contributed by atoms with Crippen molar-refractivity contribution in [1.82, 2.24) is 20.1 Å². The molecule has 0 fully saturated rings. The highest BCUT2D eigenvalue weighted by atomic mass is 32.2. The van der Waals surface area contributed by atoms with Crippen LogP contribution in [0.3, 0.4) is 0 Å². The molecule has 9 nitrogen and oxygen atoms in total. The minimum Gasteiger partial charge on any atom is -0.497 e. The van der Waals surface area contributed by atoms with Gasteiger partial charge in [-0.2, -0.15) is 0 Å². The van der Waals surface area contributed by atoms with Crippen molar-refractivity contribution in [2.75, 3.05) is 24.8 Å². The number of aliphatic hydroxyl groups is 1. The third-order valence-corrected chi connectivity index (χ3v) is 6.16. The number of rotatable bonds is 11. The van der Waals surface area contributed by atoms with Crippen LogP contribution in [0.25, 0.3) is 0 Å². The van der Waals surface area contributed by atoms with Crippen LogP contribution >= 0.6 is 11.8 Å². The van der Waals surface area contributed by atoms with Crippen LogP contribution in [0.2, 0.25) is 0 Å². The molecule has 2 aromatic carbocycles. The molecule has 34 heavy (non-hydrogen) atoms. The molecule has 1 atom stereocenters. The van der Waals surface area contributed by atoms with Crippen molar-refractivity contribution < 1.29 is 19.4 Å². The average molecular weight is 484 g/mol. The van der Waals surface area contributed by atoms with Gasteiger partial charge in [-0.1, -0.05) is 30.8 Å². The smallest absolute Gasteiger partial charge is 0.251 e. The van der Waals surface area contributed by atoms with E-state index in [2.05, 4.69) is 27.8 Å². The highest BCUT2D eigenvalue weighted by Crippen LogP contribution is 2.22. The second-order valence-electron chi connectivity index (χ2n) is 7.41. The quantitative estimate of drug-likeness (QED) is 0.359. The zero-order valence-electron chi connectivity index (χ0n) is 19.4. The van der Waals surface area contributed by atoms with E-state index in [-0.39, 0.29) is 24.2 Å². The van der Waals surface area contributed by atoms with E-state index < -0.39 is 6.04 Å². The van der Waals surface area contributed by atoms with Gasteiger partial charge < -0.3 is 25.0 Å². The van der Waals surface area contributed by atoms with E-state index in [0.29, 0.717) is 28.8 Å². The third-order valence-electron chi connectivity index (χ3n) is 5.19. The van der Waals surface area contributed by atoms with E-state index in [1.54, 1.807) is 35.9 Å². The maximum absolute atomic E-state index is 12.6. The Hall–Kier alpha value is -3.37. The molecule has 3 aromatic rings. The van der Waals surface area contributed by atoms with Crippen molar-refractivity contribution in [3.8, 4) is 5.75 Å². The zero-order chi connectivity index (χ0) is 24.5. The molecular formula is C24H29N5O4S. The Morgan fingerprint density at radius 1 is 1.09 bits per heavy atom. The lowest BCUT2D eigenvalue weighted by Crippen LogP contribution is -2.32. The predicted molar refractivity (Wildman–Crippen MR) is 131 cm³/mol. The number of nitrogens with zero attached hydrogens (tertiary/aromatic N) is 3. The first-order valence-corrected chi connectivity index (χ1v) is 12.0. The third kappa shape index (κ3) is 6.36. The van der Waals surface area contributed by atoms with Crippen LogP contribution in [0, 0.1) is 0 Å². The minimum absolute atomic E-state index is 0.148. The van der Waals surface area contributed by atoms with Gasteiger partial charge in [-0.3, -0.25) is 9.59 Å². The van der Waals surface area contributed by atoms with Gasteiger partial charge in [0.2, 0.25) is 5.91 Å². The van der Waals surface area contributed by atoms with Gasteiger partial charge in [0.1, 0.15) is 11.8 Å². The summed E-state index contributed by atoms with van der Waals surface area (Å²) in [5, 5.41) is 24.5. The molecular weight excluding hydrogens is 454 g/mol. The van der Waals surface area contributed by atoms with Crippen LogP contribution in [0.1, 0.15) is 41.6 Å². The van der Waals surface area contributed by atoms with E-state index in [0.717, 1.165) is 12.1 Å². The summed E-state index contributed by atoms with van der Waals surface area (Å²) in [5.41, 5.74) is 2.37. The lowest BCUT2D eigenvalue weighted by Gasteiger charge is -2.17. The van der Waals surface area contributed by atoms with Crippen LogP contribution in [-0.2, 0) is 17.8 Å². The maximum atomic E-state index is 12.6.